The van der Waals surface area contributed by atoms with Gasteiger partial charge in [-0.15, -0.1) is 0 Å². The van der Waals surface area contributed by atoms with Crippen LogP contribution in [-0.2, 0) is 24.3 Å². The fraction of sp³-hybridized carbons (Fsp3) is 0.622. The first-order valence-electron chi connectivity index (χ1n) is 20.9. The van der Waals surface area contributed by atoms with E-state index in [0.717, 1.165) is 77.8 Å². The van der Waals surface area contributed by atoms with Crippen LogP contribution in [0, 0.1) is 0 Å². The number of nitrogens with zero attached hydrogens (tertiary/aromatic N) is 3. The highest BCUT2D eigenvalue weighted by molar-refractivity contribution is 6.07. The van der Waals surface area contributed by atoms with E-state index in [-0.39, 0.29) is 11.9 Å². The van der Waals surface area contributed by atoms with Crippen molar-refractivity contribution in [1.82, 2.24) is 19.9 Å². The van der Waals surface area contributed by atoms with Gasteiger partial charge in [-0.2, -0.15) is 0 Å². The molecule has 0 aliphatic heterocycles. The number of aromatic nitrogens is 3. The summed E-state index contributed by atoms with van der Waals surface area (Å²) in [5.74, 6) is 2.13. The molecule has 51 heavy (non-hydrogen) atoms. The van der Waals surface area contributed by atoms with Crippen LogP contribution in [-0.4, -0.2) is 26.5 Å². The SMILES string of the molecule is CCCCCCCCCCCCCCCCCCCC(=O)NCc1ccc(Cn2c(CCCC)nc3c(NC(C)C)nc4ccccc4c32)cc1. The van der Waals surface area contributed by atoms with E-state index < -0.39 is 0 Å². The van der Waals surface area contributed by atoms with Crippen molar-refractivity contribution in [2.24, 2.45) is 0 Å². The predicted molar refractivity (Wildman–Crippen MR) is 219 cm³/mol. The molecular formula is C45H69N5O. The van der Waals surface area contributed by atoms with Crippen LogP contribution < -0.4 is 10.6 Å². The van der Waals surface area contributed by atoms with Gasteiger partial charge in [0, 0.05) is 37.4 Å². The highest BCUT2D eigenvalue weighted by Gasteiger charge is 2.19. The molecule has 1 amide bonds. The summed E-state index contributed by atoms with van der Waals surface area (Å²) < 4.78 is 2.40. The summed E-state index contributed by atoms with van der Waals surface area (Å²) in [5, 5.41) is 7.83. The number of para-hydroxylation sites is 1. The fourth-order valence-electron chi connectivity index (χ4n) is 7.20. The number of nitrogens with one attached hydrogen (secondary N) is 2. The van der Waals surface area contributed by atoms with Crippen molar-refractivity contribution in [3.8, 4) is 0 Å². The summed E-state index contributed by atoms with van der Waals surface area (Å²) in [6, 6.07) is 17.4. The highest BCUT2D eigenvalue weighted by Crippen LogP contribution is 2.32. The number of rotatable bonds is 27. The molecule has 0 saturated heterocycles. The maximum absolute atomic E-state index is 12.6. The zero-order valence-electron chi connectivity index (χ0n) is 32.7. The average molecular weight is 696 g/mol. The van der Waals surface area contributed by atoms with E-state index in [2.05, 4.69) is 91.4 Å². The number of carbonyl (C=O) groups is 1. The van der Waals surface area contributed by atoms with Crippen molar-refractivity contribution in [2.45, 2.75) is 182 Å². The van der Waals surface area contributed by atoms with Crippen LogP contribution in [0.4, 0.5) is 5.82 Å². The van der Waals surface area contributed by atoms with Gasteiger partial charge in [-0.1, -0.05) is 165 Å². The van der Waals surface area contributed by atoms with Gasteiger partial charge in [0.25, 0.3) is 0 Å². The summed E-state index contributed by atoms with van der Waals surface area (Å²) in [7, 11) is 0. The Morgan fingerprint density at radius 1 is 0.667 bits per heavy atom. The number of hydrogen-bond donors (Lipinski definition) is 2. The van der Waals surface area contributed by atoms with Crippen LogP contribution in [0.1, 0.15) is 173 Å². The van der Waals surface area contributed by atoms with Crippen LogP contribution in [0.15, 0.2) is 48.5 Å². The van der Waals surface area contributed by atoms with E-state index in [0.29, 0.717) is 13.0 Å². The van der Waals surface area contributed by atoms with Gasteiger partial charge in [-0.3, -0.25) is 4.79 Å². The van der Waals surface area contributed by atoms with Crippen molar-refractivity contribution in [1.29, 1.82) is 0 Å². The lowest BCUT2D eigenvalue weighted by atomic mass is 10.0. The predicted octanol–water partition coefficient (Wildman–Crippen LogP) is 12.5. The number of pyridine rings is 1. The monoisotopic (exact) mass is 696 g/mol. The Hall–Kier alpha value is -3.41. The lowest BCUT2D eigenvalue weighted by molar-refractivity contribution is -0.121. The molecule has 0 radical (unpaired) electrons. The summed E-state index contributed by atoms with van der Waals surface area (Å²) in [4.78, 5) is 22.7. The molecule has 0 unspecified atom stereocenters. The van der Waals surface area contributed by atoms with Crippen molar-refractivity contribution in [2.75, 3.05) is 5.32 Å². The third kappa shape index (κ3) is 13.9. The van der Waals surface area contributed by atoms with Gasteiger partial charge in [-0.05, 0) is 43.9 Å². The number of anilines is 1. The van der Waals surface area contributed by atoms with Gasteiger partial charge < -0.3 is 15.2 Å². The van der Waals surface area contributed by atoms with Crippen LogP contribution in [0.5, 0.6) is 0 Å². The van der Waals surface area contributed by atoms with Crippen LogP contribution in [0.25, 0.3) is 21.9 Å². The first kappa shape index (κ1) is 40.4. The van der Waals surface area contributed by atoms with Crippen LogP contribution in [0.2, 0.25) is 0 Å². The Balaban J connectivity index is 1.16. The standard InChI is InChI=1S/C45H69N5O/c1-5-7-9-10-11-12-13-14-15-16-17-18-19-20-21-22-23-29-42(51)46-34-37-30-32-38(33-31-37)35-50-41(28-8-6-2)49-43-44(50)39-26-24-25-27-40(39)48-45(43)47-36(3)4/h24-27,30-33,36H,5-23,28-29,34-35H2,1-4H3,(H,46,51)(H,47,48). The summed E-state index contributed by atoms with van der Waals surface area (Å²) in [5.41, 5.74) is 5.44. The Kier molecular flexibility index (Phi) is 18.4. The molecule has 0 atom stereocenters. The van der Waals surface area contributed by atoms with Gasteiger partial charge in [0.05, 0.1) is 11.0 Å². The van der Waals surface area contributed by atoms with E-state index in [1.807, 2.05) is 0 Å². The number of imidazole rings is 1. The average Bonchev–Trinajstić information content (AvgIpc) is 3.49. The maximum atomic E-state index is 12.6. The van der Waals surface area contributed by atoms with E-state index in [4.69, 9.17) is 9.97 Å². The molecule has 6 nitrogen and oxygen atoms in total. The van der Waals surface area contributed by atoms with Crippen molar-refractivity contribution < 1.29 is 4.79 Å². The molecule has 4 rings (SSSR count). The molecule has 0 aliphatic rings. The molecule has 2 heterocycles. The summed E-state index contributed by atoms with van der Waals surface area (Å²) in [6.07, 6.45) is 26.8. The van der Waals surface area contributed by atoms with Gasteiger partial charge in [-0.25, -0.2) is 9.97 Å². The molecule has 2 aromatic carbocycles. The largest absolute Gasteiger partial charge is 0.366 e. The third-order valence-electron chi connectivity index (χ3n) is 10.2. The molecule has 0 spiro atoms. The molecule has 0 aliphatic carbocycles. The van der Waals surface area contributed by atoms with Crippen molar-refractivity contribution in [3.05, 3.63) is 65.5 Å². The second-order valence-electron chi connectivity index (χ2n) is 15.2. The van der Waals surface area contributed by atoms with E-state index in [1.54, 1.807) is 0 Å². The fourth-order valence-corrected chi connectivity index (χ4v) is 7.20. The van der Waals surface area contributed by atoms with Gasteiger partial charge in [0.2, 0.25) is 5.91 Å². The quantitative estimate of drug-likeness (QED) is 0.0609. The Morgan fingerprint density at radius 2 is 1.22 bits per heavy atom. The molecule has 4 aromatic rings. The number of hydrogen-bond acceptors (Lipinski definition) is 4. The second kappa shape index (κ2) is 23.2. The summed E-state index contributed by atoms with van der Waals surface area (Å²) >= 11 is 0. The van der Waals surface area contributed by atoms with Gasteiger partial charge in [0.1, 0.15) is 11.3 Å². The van der Waals surface area contributed by atoms with Gasteiger partial charge in [0.15, 0.2) is 5.82 Å². The van der Waals surface area contributed by atoms with E-state index >= 15 is 0 Å². The topological polar surface area (TPSA) is 71.8 Å². The Labute approximate surface area is 310 Å². The molecule has 2 aromatic heterocycles. The zero-order chi connectivity index (χ0) is 36.1. The second-order valence-corrected chi connectivity index (χ2v) is 15.2. The maximum Gasteiger partial charge on any atom is 0.220 e. The number of benzene rings is 2. The lowest BCUT2D eigenvalue weighted by Gasteiger charge is -2.14. The molecule has 6 heteroatoms. The van der Waals surface area contributed by atoms with E-state index in [9.17, 15) is 4.79 Å². The first-order valence-corrected chi connectivity index (χ1v) is 20.9. The Morgan fingerprint density at radius 3 is 1.80 bits per heavy atom. The molecule has 0 saturated carbocycles. The van der Waals surface area contributed by atoms with Gasteiger partial charge >= 0.3 is 0 Å². The van der Waals surface area contributed by atoms with Crippen molar-refractivity contribution in [3.63, 3.8) is 0 Å². The number of amides is 1. The number of fused-ring (bicyclic) bond motifs is 3. The first-order chi connectivity index (χ1) is 25.0. The molecule has 280 valence electrons. The smallest absolute Gasteiger partial charge is 0.220 e. The number of unbranched alkanes of at least 4 members (excludes halogenated alkanes) is 17. The minimum absolute atomic E-state index is 0.164. The van der Waals surface area contributed by atoms with Crippen LogP contribution in [0.3, 0.4) is 0 Å². The molecular weight excluding hydrogens is 627 g/mol. The Bertz CT molecular complexity index is 1560. The molecule has 0 fully saturated rings. The normalized spacial score (nSPS) is 11.6. The lowest BCUT2D eigenvalue weighted by Crippen LogP contribution is -2.22. The van der Waals surface area contributed by atoms with Crippen molar-refractivity contribution >= 4 is 33.7 Å². The summed E-state index contributed by atoms with van der Waals surface area (Å²) in [6.45, 7) is 10.1. The highest BCUT2D eigenvalue weighted by atomic mass is 16.1. The number of aryl methyl sites for hydroxylation is 1. The number of carbonyl (C=O) groups excluding carboxylic acids is 1. The third-order valence-corrected chi connectivity index (χ3v) is 10.2. The molecule has 0 bridgehead atoms. The minimum atomic E-state index is 0.164. The zero-order valence-corrected chi connectivity index (χ0v) is 32.7. The van der Waals surface area contributed by atoms with E-state index in [1.165, 1.54) is 102 Å². The minimum Gasteiger partial charge on any atom is -0.366 e. The van der Waals surface area contributed by atoms with Crippen LogP contribution >= 0.6 is 0 Å². The molecule has 2 N–H and O–H groups in total.